The molecule has 100 valence electrons. The van der Waals surface area contributed by atoms with Crippen LogP contribution in [0.4, 0.5) is 5.82 Å². The van der Waals surface area contributed by atoms with Crippen molar-refractivity contribution >= 4 is 11.8 Å². The van der Waals surface area contributed by atoms with Gasteiger partial charge in [0.2, 0.25) is 5.88 Å². The van der Waals surface area contributed by atoms with Crippen molar-refractivity contribution in [1.82, 2.24) is 9.97 Å². The van der Waals surface area contributed by atoms with E-state index in [9.17, 15) is 4.79 Å². The van der Waals surface area contributed by atoms with Crippen LogP contribution in [0.2, 0.25) is 0 Å². The molecule has 0 aliphatic carbocycles. The molecule has 1 aromatic heterocycles. The molecule has 0 aromatic carbocycles. The Morgan fingerprint density at radius 1 is 1.50 bits per heavy atom. The highest BCUT2D eigenvalue weighted by atomic mass is 16.5. The zero-order valence-corrected chi connectivity index (χ0v) is 11.2. The first-order chi connectivity index (χ1) is 8.58. The Bertz CT molecular complexity index is 398. The lowest BCUT2D eigenvalue weighted by molar-refractivity contribution is -0.144. The second-order valence-electron chi connectivity index (χ2n) is 3.95. The smallest absolute Gasteiger partial charge is 0.310 e. The number of anilines is 1. The number of nitrogens with zero attached hydrogens (tertiary/aromatic N) is 3. The minimum absolute atomic E-state index is 0.217. The van der Waals surface area contributed by atoms with Crippen molar-refractivity contribution in [2.75, 3.05) is 32.2 Å². The van der Waals surface area contributed by atoms with Gasteiger partial charge in [0.25, 0.3) is 0 Å². The fourth-order valence-electron chi connectivity index (χ4n) is 1.55. The molecule has 0 aliphatic rings. The van der Waals surface area contributed by atoms with Crippen LogP contribution in [0, 0.1) is 5.92 Å². The first-order valence-electron chi connectivity index (χ1n) is 5.82. The van der Waals surface area contributed by atoms with Crippen molar-refractivity contribution in [3.63, 3.8) is 0 Å². The Hall–Kier alpha value is -1.85. The average molecular weight is 253 g/mol. The summed E-state index contributed by atoms with van der Waals surface area (Å²) in [6.07, 6.45) is 1.44. The van der Waals surface area contributed by atoms with Gasteiger partial charge in [-0.2, -0.15) is 0 Å². The third kappa shape index (κ3) is 3.87. The van der Waals surface area contributed by atoms with Gasteiger partial charge >= 0.3 is 5.97 Å². The molecule has 1 aromatic rings. The highest BCUT2D eigenvalue weighted by Crippen LogP contribution is 2.15. The van der Waals surface area contributed by atoms with Crippen molar-refractivity contribution in [1.29, 1.82) is 0 Å². The maximum absolute atomic E-state index is 11.3. The molecular formula is C12H19N3O3. The molecule has 0 saturated heterocycles. The van der Waals surface area contributed by atoms with Crippen LogP contribution in [-0.2, 0) is 9.53 Å². The molecule has 1 heterocycles. The van der Waals surface area contributed by atoms with Gasteiger partial charge in [-0.1, -0.05) is 6.92 Å². The van der Waals surface area contributed by atoms with E-state index in [1.54, 1.807) is 6.07 Å². The van der Waals surface area contributed by atoms with E-state index < -0.39 is 0 Å². The Kier molecular flexibility index (Phi) is 5.35. The molecule has 1 atom stereocenters. The van der Waals surface area contributed by atoms with Gasteiger partial charge < -0.3 is 14.4 Å². The van der Waals surface area contributed by atoms with E-state index in [2.05, 4.69) is 14.7 Å². The van der Waals surface area contributed by atoms with Gasteiger partial charge in [-0.3, -0.25) is 4.79 Å². The zero-order valence-electron chi connectivity index (χ0n) is 11.2. The molecule has 1 rings (SSSR count). The van der Waals surface area contributed by atoms with Crippen molar-refractivity contribution in [2.45, 2.75) is 13.8 Å². The molecule has 0 radical (unpaired) electrons. The minimum atomic E-state index is -0.235. The lowest BCUT2D eigenvalue weighted by Gasteiger charge is -2.21. The number of carbonyl (C=O) groups is 1. The molecule has 6 heteroatoms. The minimum Gasteiger partial charge on any atom is -0.478 e. The molecule has 6 nitrogen and oxygen atoms in total. The van der Waals surface area contributed by atoms with Crippen LogP contribution in [-0.4, -0.2) is 43.2 Å². The van der Waals surface area contributed by atoms with Gasteiger partial charge in [0.05, 0.1) is 19.6 Å². The summed E-state index contributed by atoms with van der Waals surface area (Å²) in [5.74, 6) is 0.788. The number of hydrogen-bond acceptors (Lipinski definition) is 6. The summed E-state index contributed by atoms with van der Waals surface area (Å²) < 4.78 is 9.99. The third-order valence-corrected chi connectivity index (χ3v) is 2.46. The van der Waals surface area contributed by atoms with Gasteiger partial charge in [0.15, 0.2) is 0 Å². The Morgan fingerprint density at radius 2 is 2.22 bits per heavy atom. The van der Waals surface area contributed by atoms with Crippen molar-refractivity contribution in [3.05, 3.63) is 12.4 Å². The maximum atomic E-state index is 11.3. The van der Waals surface area contributed by atoms with Crippen LogP contribution >= 0.6 is 0 Å². The van der Waals surface area contributed by atoms with Gasteiger partial charge in [0.1, 0.15) is 12.1 Å². The number of aromatic nitrogens is 2. The number of esters is 1. The van der Waals surface area contributed by atoms with E-state index in [-0.39, 0.29) is 11.9 Å². The van der Waals surface area contributed by atoms with Crippen LogP contribution in [0.15, 0.2) is 12.4 Å². The number of rotatable bonds is 6. The number of carbonyl (C=O) groups excluding carboxylic acids is 1. The molecule has 0 bridgehead atoms. The second-order valence-corrected chi connectivity index (χ2v) is 3.95. The topological polar surface area (TPSA) is 64.5 Å². The van der Waals surface area contributed by atoms with E-state index in [0.717, 1.165) is 0 Å². The summed E-state index contributed by atoms with van der Waals surface area (Å²) in [7, 11) is 3.24. The standard InChI is InChI=1S/C12H19N3O3/c1-5-18-11-6-10(13-8-14-11)15(3)7-9(2)12(16)17-4/h6,8-9H,5,7H2,1-4H3. The van der Waals surface area contributed by atoms with E-state index in [1.165, 1.54) is 13.4 Å². The van der Waals surface area contributed by atoms with Gasteiger partial charge in [-0.15, -0.1) is 0 Å². The SMILES string of the molecule is CCOc1cc(N(C)CC(C)C(=O)OC)ncn1. The van der Waals surface area contributed by atoms with Crippen LogP contribution in [0.3, 0.4) is 0 Å². The van der Waals surface area contributed by atoms with Gasteiger partial charge in [-0.25, -0.2) is 9.97 Å². The summed E-state index contributed by atoms with van der Waals surface area (Å²) in [6, 6.07) is 1.74. The zero-order chi connectivity index (χ0) is 13.5. The predicted octanol–water partition coefficient (Wildman–Crippen LogP) is 1.12. The van der Waals surface area contributed by atoms with E-state index >= 15 is 0 Å². The molecule has 0 N–H and O–H groups in total. The normalized spacial score (nSPS) is 11.8. The number of hydrogen-bond donors (Lipinski definition) is 0. The van der Waals surface area contributed by atoms with Crippen LogP contribution in [0.5, 0.6) is 5.88 Å². The summed E-state index contributed by atoms with van der Waals surface area (Å²) in [4.78, 5) is 21.3. The highest BCUT2D eigenvalue weighted by molar-refractivity contribution is 5.72. The average Bonchev–Trinajstić information content (AvgIpc) is 2.38. The van der Waals surface area contributed by atoms with Gasteiger partial charge in [-0.05, 0) is 6.92 Å². The largest absolute Gasteiger partial charge is 0.478 e. The second kappa shape index (κ2) is 6.78. The molecule has 18 heavy (non-hydrogen) atoms. The third-order valence-electron chi connectivity index (χ3n) is 2.46. The predicted molar refractivity (Wildman–Crippen MR) is 67.7 cm³/mol. The molecule has 0 aliphatic heterocycles. The van der Waals surface area contributed by atoms with E-state index in [4.69, 9.17) is 4.74 Å². The van der Waals surface area contributed by atoms with Crippen molar-refractivity contribution < 1.29 is 14.3 Å². The quantitative estimate of drug-likeness (QED) is 0.708. The first kappa shape index (κ1) is 14.2. The lowest BCUT2D eigenvalue weighted by atomic mass is 10.2. The van der Waals surface area contributed by atoms with Gasteiger partial charge in [0, 0.05) is 19.7 Å². The molecule has 0 saturated carbocycles. The number of methoxy groups -OCH3 is 1. The Balaban J connectivity index is 2.68. The highest BCUT2D eigenvalue weighted by Gasteiger charge is 2.16. The van der Waals surface area contributed by atoms with Crippen molar-refractivity contribution in [3.8, 4) is 5.88 Å². The lowest BCUT2D eigenvalue weighted by Crippen LogP contribution is -2.29. The summed E-state index contributed by atoms with van der Waals surface area (Å²) in [6.45, 7) is 4.78. The molecule has 1 unspecified atom stereocenters. The maximum Gasteiger partial charge on any atom is 0.310 e. The molecule has 0 spiro atoms. The Morgan fingerprint density at radius 3 is 2.83 bits per heavy atom. The fraction of sp³-hybridized carbons (Fsp3) is 0.583. The Labute approximate surface area is 107 Å². The molecular weight excluding hydrogens is 234 g/mol. The first-order valence-corrected chi connectivity index (χ1v) is 5.82. The fourth-order valence-corrected chi connectivity index (χ4v) is 1.55. The van der Waals surface area contributed by atoms with Crippen LogP contribution in [0.1, 0.15) is 13.8 Å². The monoisotopic (exact) mass is 253 g/mol. The van der Waals surface area contributed by atoms with Crippen molar-refractivity contribution in [2.24, 2.45) is 5.92 Å². The van der Waals surface area contributed by atoms with Crippen LogP contribution < -0.4 is 9.64 Å². The van der Waals surface area contributed by atoms with E-state index in [0.29, 0.717) is 24.8 Å². The van der Waals surface area contributed by atoms with E-state index in [1.807, 2.05) is 25.8 Å². The molecule has 0 fully saturated rings. The summed E-state index contributed by atoms with van der Waals surface area (Å²) >= 11 is 0. The summed E-state index contributed by atoms with van der Waals surface area (Å²) in [5, 5.41) is 0. The summed E-state index contributed by atoms with van der Waals surface area (Å²) in [5.41, 5.74) is 0. The number of ether oxygens (including phenoxy) is 2. The molecule has 0 amide bonds. The van der Waals surface area contributed by atoms with Crippen LogP contribution in [0.25, 0.3) is 0 Å².